The van der Waals surface area contributed by atoms with E-state index in [0.29, 0.717) is 19.3 Å². The Balaban J connectivity index is 4.35. The molecule has 0 aliphatic carbocycles. The predicted octanol–water partition coefficient (Wildman–Crippen LogP) is 10.6. The summed E-state index contributed by atoms with van der Waals surface area (Å²) in [6.07, 6.45) is 41.4. The molecule has 0 aromatic carbocycles. The van der Waals surface area contributed by atoms with Gasteiger partial charge in [0.25, 0.3) is 0 Å². The van der Waals surface area contributed by atoms with E-state index in [1.165, 1.54) is 38.5 Å². The van der Waals surface area contributed by atoms with E-state index in [0.717, 1.165) is 77.0 Å². The maximum absolute atomic E-state index is 12.7. The topological polar surface area (TPSA) is 99.1 Å². The minimum absolute atomic E-state index is 0.0462. The van der Waals surface area contributed by atoms with Gasteiger partial charge in [-0.2, -0.15) is 0 Å². The number of hydrogen-bond acceptors (Lipinski definition) is 6. The van der Waals surface area contributed by atoms with Crippen LogP contribution in [0.4, 0.5) is 0 Å². The largest absolute Gasteiger partial charge is 0.477 e. The number of likely N-dealkylation sites (N-methyl/N-ethyl adjacent to an activating group) is 1. The van der Waals surface area contributed by atoms with Crippen LogP contribution in [0.2, 0.25) is 0 Å². The number of carboxylic acids is 1. The lowest BCUT2D eigenvalue weighted by Crippen LogP contribution is -2.50. The molecule has 0 radical (unpaired) electrons. The summed E-state index contributed by atoms with van der Waals surface area (Å²) in [6.45, 7) is 4.44. The Hall–Kier alpha value is -2.97. The molecule has 0 aliphatic rings. The van der Waals surface area contributed by atoms with Crippen molar-refractivity contribution >= 4 is 17.9 Å². The minimum Gasteiger partial charge on any atom is -0.477 e. The number of carbonyl (C=O) groups is 3. The van der Waals surface area contributed by atoms with Gasteiger partial charge in [0.15, 0.2) is 12.1 Å². The van der Waals surface area contributed by atoms with Gasteiger partial charge >= 0.3 is 17.9 Å². The molecule has 0 amide bonds. The Morgan fingerprint density at radius 3 is 1.54 bits per heavy atom. The van der Waals surface area contributed by atoms with Gasteiger partial charge in [0.05, 0.1) is 34.4 Å². The zero-order valence-corrected chi connectivity index (χ0v) is 33.7. The molecule has 1 N–H and O–H groups in total. The Morgan fingerprint density at radius 1 is 0.577 bits per heavy atom. The lowest BCUT2D eigenvalue weighted by atomic mass is 10.1. The van der Waals surface area contributed by atoms with E-state index in [1.54, 1.807) is 0 Å². The van der Waals surface area contributed by atoms with Gasteiger partial charge in [-0.15, -0.1) is 0 Å². The zero-order valence-electron chi connectivity index (χ0n) is 33.7. The summed E-state index contributed by atoms with van der Waals surface area (Å²) in [5, 5.41) is 9.59. The number of allylic oxidation sites excluding steroid dienone is 10. The predicted molar refractivity (Wildman–Crippen MR) is 215 cm³/mol. The molecule has 0 rings (SSSR count). The standard InChI is InChI=1S/C44H75NO7/c1-6-8-10-12-14-16-17-18-19-20-21-22-23-24-25-27-29-31-33-35-43(47)52-40(38-50-37-36-41(44(48)49)45(3,4)5)39-51-42(46)34-32-30-28-26-15-13-11-9-7-2/h8-11,14-16,18-19,26,40-41H,6-7,12-13,17,20-25,27-39H2,1-5H3/p+1/b10-8+,11-9+,16-14+,19-18+,26-15+. The first-order valence-electron chi connectivity index (χ1n) is 20.3. The average Bonchev–Trinajstić information content (AvgIpc) is 3.09. The maximum atomic E-state index is 12.7. The van der Waals surface area contributed by atoms with E-state index in [9.17, 15) is 19.5 Å². The summed E-state index contributed by atoms with van der Waals surface area (Å²) < 4.78 is 17.2. The number of carboxylic acid groups (broad SMARTS) is 1. The van der Waals surface area contributed by atoms with Crippen LogP contribution in [0.25, 0.3) is 0 Å². The first kappa shape index (κ1) is 49.0. The third-order valence-electron chi connectivity index (χ3n) is 8.66. The van der Waals surface area contributed by atoms with Crippen LogP contribution in [-0.4, -0.2) is 80.6 Å². The monoisotopic (exact) mass is 731 g/mol. The first-order valence-corrected chi connectivity index (χ1v) is 20.3. The summed E-state index contributed by atoms with van der Waals surface area (Å²) in [6, 6.07) is -0.621. The van der Waals surface area contributed by atoms with Crippen molar-refractivity contribution in [3.63, 3.8) is 0 Å². The summed E-state index contributed by atoms with van der Waals surface area (Å²) in [5.74, 6) is -1.53. The minimum atomic E-state index is -0.883. The molecule has 0 aliphatic heterocycles. The fraction of sp³-hybridized carbons (Fsp3) is 0.705. The van der Waals surface area contributed by atoms with Gasteiger partial charge < -0.3 is 23.8 Å². The van der Waals surface area contributed by atoms with Crippen molar-refractivity contribution in [2.45, 2.75) is 161 Å². The van der Waals surface area contributed by atoms with Gasteiger partial charge in [0.2, 0.25) is 0 Å². The fourth-order valence-corrected chi connectivity index (χ4v) is 5.55. The molecule has 0 bridgehead atoms. The molecule has 8 nitrogen and oxygen atoms in total. The Labute approximate surface area is 318 Å². The van der Waals surface area contributed by atoms with Crippen LogP contribution in [0.15, 0.2) is 60.8 Å². The highest BCUT2D eigenvalue weighted by Crippen LogP contribution is 2.13. The Kier molecular flexibility index (Phi) is 33.1. The average molecular weight is 731 g/mol. The second-order valence-electron chi connectivity index (χ2n) is 14.5. The number of esters is 2. The van der Waals surface area contributed by atoms with Crippen LogP contribution in [0.5, 0.6) is 0 Å². The number of rotatable bonds is 35. The summed E-state index contributed by atoms with van der Waals surface area (Å²) >= 11 is 0. The molecule has 8 heteroatoms. The van der Waals surface area contributed by atoms with E-state index >= 15 is 0 Å². The molecule has 2 unspecified atom stereocenters. The first-order chi connectivity index (χ1) is 25.1. The van der Waals surface area contributed by atoms with Gasteiger partial charge in [-0.1, -0.05) is 120 Å². The van der Waals surface area contributed by atoms with E-state index in [2.05, 4.69) is 74.6 Å². The van der Waals surface area contributed by atoms with Crippen molar-refractivity contribution in [2.24, 2.45) is 0 Å². The molecular formula is C44H76NO7+. The molecule has 0 fully saturated rings. The van der Waals surface area contributed by atoms with Crippen molar-refractivity contribution in [2.75, 3.05) is 41.0 Å². The Morgan fingerprint density at radius 2 is 1.02 bits per heavy atom. The lowest BCUT2D eigenvalue weighted by Gasteiger charge is -2.31. The summed E-state index contributed by atoms with van der Waals surface area (Å²) in [4.78, 5) is 36.8. The molecule has 52 heavy (non-hydrogen) atoms. The number of aliphatic carboxylic acids is 1. The normalized spacial score (nSPS) is 13.6. The second kappa shape index (κ2) is 35.1. The van der Waals surface area contributed by atoms with Crippen LogP contribution < -0.4 is 0 Å². The van der Waals surface area contributed by atoms with Crippen molar-refractivity contribution in [1.82, 2.24) is 0 Å². The van der Waals surface area contributed by atoms with E-state index in [-0.39, 0.29) is 36.2 Å². The van der Waals surface area contributed by atoms with Gasteiger partial charge in [0, 0.05) is 19.3 Å². The number of hydrogen-bond donors (Lipinski definition) is 1. The summed E-state index contributed by atoms with van der Waals surface area (Å²) in [5.41, 5.74) is 0. The molecule has 0 saturated carbocycles. The highest BCUT2D eigenvalue weighted by molar-refractivity contribution is 5.72. The number of carbonyl (C=O) groups excluding carboxylic acids is 2. The fourth-order valence-electron chi connectivity index (χ4n) is 5.55. The van der Waals surface area contributed by atoms with Crippen molar-refractivity contribution < 1.29 is 38.2 Å². The third-order valence-corrected chi connectivity index (χ3v) is 8.66. The van der Waals surface area contributed by atoms with E-state index < -0.39 is 18.1 Å². The highest BCUT2D eigenvalue weighted by Gasteiger charge is 2.31. The molecule has 0 aromatic heterocycles. The van der Waals surface area contributed by atoms with Gasteiger partial charge in [0.1, 0.15) is 6.61 Å². The number of quaternary nitrogens is 1. The van der Waals surface area contributed by atoms with Crippen LogP contribution in [0, 0.1) is 0 Å². The molecule has 0 aromatic rings. The van der Waals surface area contributed by atoms with Gasteiger partial charge in [-0.05, 0) is 70.6 Å². The lowest BCUT2D eigenvalue weighted by molar-refractivity contribution is -0.887. The van der Waals surface area contributed by atoms with E-state index in [1.807, 2.05) is 21.1 Å². The van der Waals surface area contributed by atoms with Crippen molar-refractivity contribution in [1.29, 1.82) is 0 Å². The quantitative estimate of drug-likeness (QED) is 0.0300. The van der Waals surface area contributed by atoms with Crippen LogP contribution in [0.3, 0.4) is 0 Å². The smallest absolute Gasteiger partial charge is 0.362 e. The molecular weight excluding hydrogens is 654 g/mol. The SMILES string of the molecule is CC/C=C/C/C=C/C/C=C/CCCCCCCCCCCC(=O)OC(COCCC(C(=O)O)[N+](C)(C)C)COC(=O)CCCC/C=C/C/C=C/CC. The summed E-state index contributed by atoms with van der Waals surface area (Å²) in [7, 11) is 5.50. The van der Waals surface area contributed by atoms with Crippen LogP contribution in [0.1, 0.15) is 149 Å². The molecule has 298 valence electrons. The Bertz CT molecular complexity index is 1040. The van der Waals surface area contributed by atoms with Crippen LogP contribution in [-0.2, 0) is 28.6 Å². The third kappa shape index (κ3) is 32.9. The number of nitrogens with zero attached hydrogens (tertiary/aromatic N) is 1. The maximum Gasteiger partial charge on any atom is 0.362 e. The van der Waals surface area contributed by atoms with Crippen molar-refractivity contribution in [3.8, 4) is 0 Å². The van der Waals surface area contributed by atoms with E-state index in [4.69, 9.17) is 14.2 Å². The van der Waals surface area contributed by atoms with Gasteiger partial charge in [-0.3, -0.25) is 9.59 Å². The molecule has 0 spiro atoms. The highest BCUT2D eigenvalue weighted by atomic mass is 16.6. The van der Waals surface area contributed by atoms with Crippen LogP contribution >= 0.6 is 0 Å². The molecule has 0 heterocycles. The number of ether oxygens (including phenoxy) is 3. The number of unbranched alkanes of at least 4 members (excludes halogenated alkanes) is 11. The zero-order chi connectivity index (χ0) is 38.5. The van der Waals surface area contributed by atoms with Crippen molar-refractivity contribution in [3.05, 3.63) is 60.8 Å². The molecule has 0 saturated heterocycles. The van der Waals surface area contributed by atoms with Gasteiger partial charge in [-0.25, -0.2) is 4.79 Å². The molecule has 2 atom stereocenters. The second-order valence-corrected chi connectivity index (χ2v) is 14.5.